The van der Waals surface area contributed by atoms with E-state index in [0.717, 1.165) is 21.3 Å². The Kier molecular flexibility index (Phi) is 8.73. The molecule has 2 aromatic carbocycles. The molecule has 0 aliphatic rings. The van der Waals surface area contributed by atoms with Crippen molar-refractivity contribution in [3.05, 3.63) is 53.9 Å². The van der Waals surface area contributed by atoms with Crippen LogP contribution in [0.3, 0.4) is 0 Å². The zero-order valence-corrected chi connectivity index (χ0v) is 24.6. The van der Waals surface area contributed by atoms with Crippen molar-refractivity contribution in [3.63, 3.8) is 0 Å². The number of halogens is 5. The number of hydrogen-bond donors (Lipinski definition) is 2. The van der Waals surface area contributed by atoms with Gasteiger partial charge in [-0.05, 0) is 81.4 Å². The van der Waals surface area contributed by atoms with Crippen molar-refractivity contribution in [2.75, 3.05) is 11.3 Å². The first kappa shape index (κ1) is 29.5. The lowest BCUT2D eigenvalue weighted by molar-refractivity contribution is -0.139. The smallest absolute Gasteiger partial charge is 0.480 e. The van der Waals surface area contributed by atoms with Crippen LogP contribution in [0.2, 0.25) is 0 Å². The second-order valence-corrected chi connectivity index (χ2v) is 12.1. The van der Waals surface area contributed by atoms with Crippen LogP contribution < -0.4 is 9.46 Å². The standard InChI is InChI=1S/C23H20F3I2NO7S/c1-4-12-15(27)8-14(22(19(12)28)35-9-17(30)31)20(32)18-13-7-11(29-37(33,34)23(24,25)26)5-6-16(13)36-21(18)10(2)3/h5-8,10,29H,4,9H2,1-3H3,(H,30,31). The van der Waals surface area contributed by atoms with E-state index in [1.54, 1.807) is 19.9 Å². The summed E-state index contributed by atoms with van der Waals surface area (Å²) in [6, 6.07) is 5.01. The Morgan fingerprint density at radius 3 is 2.38 bits per heavy atom. The molecule has 1 aromatic heterocycles. The fraction of sp³-hybridized carbons (Fsp3) is 0.304. The van der Waals surface area contributed by atoms with Gasteiger partial charge in [0.15, 0.2) is 6.61 Å². The predicted octanol–water partition coefficient (Wildman–Crippen LogP) is 6.28. The third kappa shape index (κ3) is 6.00. The van der Waals surface area contributed by atoms with Crippen LogP contribution in [0.15, 0.2) is 28.7 Å². The molecule has 0 amide bonds. The molecule has 0 spiro atoms. The molecule has 0 fully saturated rings. The van der Waals surface area contributed by atoms with Gasteiger partial charge in [0.1, 0.15) is 17.1 Å². The minimum Gasteiger partial charge on any atom is -0.480 e. The normalized spacial score (nSPS) is 12.2. The number of fused-ring (bicyclic) bond motifs is 1. The Hall–Kier alpha value is -2.08. The zero-order chi connectivity index (χ0) is 27.9. The van der Waals surface area contributed by atoms with Crippen LogP contribution >= 0.6 is 45.2 Å². The summed E-state index contributed by atoms with van der Waals surface area (Å²) in [5.41, 5.74) is -4.90. The van der Waals surface area contributed by atoms with Crippen LogP contribution in [0, 0.1) is 7.14 Å². The number of aliphatic carboxylic acids is 1. The summed E-state index contributed by atoms with van der Waals surface area (Å²) in [5, 5.41) is 9.22. The number of rotatable bonds is 9. The largest absolute Gasteiger partial charge is 0.516 e. The number of anilines is 1. The second kappa shape index (κ2) is 11.0. The third-order valence-corrected chi connectivity index (χ3v) is 8.45. The zero-order valence-electron chi connectivity index (χ0n) is 19.5. The van der Waals surface area contributed by atoms with Crippen molar-refractivity contribution in [2.24, 2.45) is 0 Å². The highest BCUT2D eigenvalue weighted by Gasteiger charge is 2.46. The summed E-state index contributed by atoms with van der Waals surface area (Å²) in [6.07, 6.45) is 0.586. The molecule has 14 heteroatoms. The number of ketones is 1. The van der Waals surface area contributed by atoms with Crippen LogP contribution in [0.4, 0.5) is 18.9 Å². The van der Waals surface area contributed by atoms with E-state index >= 15 is 0 Å². The maximum absolute atomic E-state index is 14.0. The first-order chi connectivity index (χ1) is 17.1. The van der Waals surface area contributed by atoms with Crippen LogP contribution in [0.1, 0.15) is 53.9 Å². The molecule has 3 aromatic rings. The molecule has 2 N–H and O–H groups in total. The molecule has 3 rings (SSSR count). The van der Waals surface area contributed by atoms with E-state index in [1.165, 1.54) is 10.8 Å². The summed E-state index contributed by atoms with van der Waals surface area (Å²) < 4.78 is 76.1. The number of hydrogen-bond acceptors (Lipinski definition) is 6. The van der Waals surface area contributed by atoms with Gasteiger partial charge >= 0.3 is 21.5 Å². The minimum absolute atomic E-state index is 0.00841. The molecule has 0 saturated carbocycles. The number of ether oxygens (including phenoxy) is 1. The quantitative estimate of drug-likeness (QED) is 0.194. The maximum Gasteiger partial charge on any atom is 0.516 e. The van der Waals surface area contributed by atoms with Crippen LogP contribution in [-0.2, 0) is 21.2 Å². The van der Waals surface area contributed by atoms with Gasteiger partial charge in [0, 0.05) is 20.6 Å². The lowest BCUT2D eigenvalue weighted by Crippen LogP contribution is -2.29. The predicted molar refractivity (Wildman–Crippen MR) is 147 cm³/mol. The van der Waals surface area contributed by atoms with Gasteiger partial charge in [-0.2, -0.15) is 21.6 Å². The van der Waals surface area contributed by atoms with Crippen molar-refractivity contribution >= 4 is 83.6 Å². The number of carboxylic acids is 1. The number of carbonyl (C=O) groups is 2. The fourth-order valence-electron chi connectivity index (χ4n) is 3.58. The molecule has 37 heavy (non-hydrogen) atoms. The summed E-state index contributed by atoms with van der Waals surface area (Å²) >= 11 is 4.03. The Morgan fingerprint density at radius 1 is 1.19 bits per heavy atom. The monoisotopic (exact) mass is 765 g/mol. The van der Waals surface area contributed by atoms with E-state index in [0.29, 0.717) is 9.99 Å². The van der Waals surface area contributed by atoms with Gasteiger partial charge in [0.05, 0.1) is 14.7 Å². The number of carboxylic acid groups (broad SMARTS) is 1. The summed E-state index contributed by atoms with van der Waals surface area (Å²) in [7, 11) is -5.70. The molecule has 0 radical (unpaired) electrons. The van der Waals surface area contributed by atoms with E-state index in [9.17, 15) is 31.2 Å². The second-order valence-electron chi connectivity index (χ2n) is 8.15. The van der Waals surface area contributed by atoms with E-state index in [-0.39, 0.29) is 39.5 Å². The molecular weight excluding hydrogens is 745 g/mol. The number of nitrogens with one attached hydrogen (secondary N) is 1. The Bertz CT molecular complexity index is 1500. The molecule has 0 atom stereocenters. The fourth-order valence-corrected chi connectivity index (χ4v) is 6.73. The number of carbonyl (C=O) groups excluding carboxylic acids is 1. The molecule has 0 unspecified atom stereocenters. The van der Waals surface area contributed by atoms with Gasteiger partial charge in [0.2, 0.25) is 5.78 Å². The first-order valence-electron chi connectivity index (χ1n) is 10.6. The van der Waals surface area contributed by atoms with Crippen molar-refractivity contribution in [1.82, 2.24) is 0 Å². The lowest BCUT2D eigenvalue weighted by Gasteiger charge is -2.16. The van der Waals surface area contributed by atoms with Gasteiger partial charge in [-0.3, -0.25) is 9.52 Å². The van der Waals surface area contributed by atoms with Crippen molar-refractivity contribution in [3.8, 4) is 5.75 Å². The highest BCUT2D eigenvalue weighted by Crippen LogP contribution is 2.39. The van der Waals surface area contributed by atoms with Crippen LogP contribution in [0.25, 0.3) is 11.0 Å². The molecule has 0 aliphatic carbocycles. The van der Waals surface area contributed by atoms with Gasteiger partial charge in [-0.1, -0.05) is 20.8 Å². The van der Waals surface area contributed by atoms with Gasteiger partial charge in [-0.25, -0.2) is 4.79 Å². The maximum atomic E-state index is 14.0. The third-order valence-electron chi connectivity index (χ3n) is 5.23. The number of sulfonamides is 1. The molecule has 200 valence electrons. The van der Waals surface area contributed by atoms with Crippen molar-refractivity contribution < 1.29 is 45.4 Å². The summed E-state index contributed by atoms with van der Waals surface area (Å²) in [6.45, 7) is 4.69. The SMILES string of the molecule is CCc1c(I)cc(C(=O)c2c(C(C)C)oc3ccc(NS(=O)(=O)C(F)(F)F)cc23)c(OCC(=O)O)c1I. The molecule has 0 saturated heterocycles. The average Bonchev–Trinajstić information content (AvgIpc) is 3.16. The molecular formula is C23H20F3I2NO7S. The summed E-state index contributed by atoms with van der Waals surface area (Å²) in [5.74, 6) is -1.91. The Morgan fingerprint density at radius 2 is 1.84 bits per heavy atom. The average molecular weight is 765 g/mol. The Balaban J connectivity index is 2.26. The van der Waals surface area contributed by atoms with E-state index in [4.69, 9.17) is 14.3 Å². The topological polar surface area (TPSA) is 123 Å². The number of benzene rings is 2. The molecule has 0 bridgehead atoms. The molecule has 1 heterocycles. The minimum atomic E-state index is -5.70. The summed E-state index contributed by atoms with van der Waals surface area (Å²) in [4.78, 5) is 25.1. The molecule has 8 nitrogen and oxygen atoms in total. The van der Waals surface area contributed by atoms with Crippen molar-refractivity contribution in [2.45, 2.75) is 38.6 Å². The number of furan rings is 1. The Labute approximate surface area is 237 Å². The van der Waals surface area contributed by atoms with Crippen molar-refractivity contribution in [1.29, 1.82) is 0 Å². The van der Waals surface area contributed by atoms with E-state index < -0.39 is 39.6 Å². The number of alkyl halides is 3. The van der Waals surface area contributed by atoms with Crippen LogP contribution in [-0.4, -0.2) is 37.4 Å². The highest BCUT2D eigenvalue weighted by atomic mass is 127. The van der Waals surface area contributed by atoms with Gasteiger partial charge in [0.25, 0.3) is 0 Å². The van der Waals surface area contributed by atoms with E-state index in [1.807, 2.05) is 29.5 Å². The highest BCUT2D eigenvalue weighted by molar-refractivity contribution is 14.1. The lowest BCUT2D eigenvalue weighted by atomic mass is 9.94. The van der Waals surface area contributed by atoms with Crippen LogP contribution in [0.5, 0.6) is 5.75 Å². The van der Waals surface area contributed by atoms with E-state index in [2.05, 4.69) is 22.6 Å². The molecule has 0 aliphatic heterocycles. The van der Waals surface area contributed by atoms with Gasteiger partial charge in [-0.15, -0.1) is 0 Å². The van der Waals surface area contributed by atoms with Gasteiger partial charge < -0.3 is 14.3 Å². The first-order valence-corrected chi connectivity index (χ1v) is 14.3.